The van der Waals surface area contributed by atoms with Crippen molar-refractivity contribution in [3.05, 3.63) is 91.0 Å². The molecular weight excluding hydrogens is 513 g/mol. The largest absolute Gasteiger partial charge is 0.0692 e. The van der Waals surface area contributed by atoms with Gasteiger partial charge in [0.05, 0.1) is 0 Å². The van der Waals surface area contributed by atoms with Crippen LogP contribution in [-0.2, 0) is 0 Å². The van der Waals surface area contributed by atoms with Crippen molar-refractivity contribution < 1.29 is 0 Å². The molecule has 206 valence electrons. The summed E-state index contributed by atoms with van der Waals surface area (Å²) >= 11 is 0. The molecule has 3 heteroatoms. The number of rotatable bonds is 9. The van der Waals surface area contributed by atoms with Crippen LogP contribution in [0.4, 0.5) is 0 Å². The lowest BCUT2D eigenvalue weighted by atomic mass is 9.99. The third kappa shape index (κ3) is 8.72. The molecule has 0 aliphatic carbocycles. The second-order valence-corrected chi connectivity index (χ2v) is 23.2. The molecule has 0 heterocycles. The first-order chi connectivity index (χ1) is 17.6. The Morgan fingerprint density at radius 2 is 0.579 bits per heavy atom. The Hall–Kier alpha value is -1.05. The second-order valence-electron chi connectivity index (χ2n) is 14.1. The normalized spacial score (nSPS) is 16.9. The fourth-order valence-corrected chi connectivity index (χ4v) is 14.6. The molecule has 38 heavy (non-hydrogen) atoms. The monoisotopic (exact) mass is 564 g/mol. The molecule has 0 fully saturated rings. The predicted octanol–water partition coefficient (Wildman–Crippen LogP) is 9.81. The lowest BCUT2D eigenvalue weighted by Gasteiger charge is -2.47. The topological polar surface area (TPSA) is 0 Å². The van der Waals surface area contributed by atoms with E-state index in [9.17, 15) is 0 Å². The molecule has 3 atom stereocenters. The van der Waals surface area contributed by atoms with Crippen LogP contribution in [-0.4, -0.2) is 34.0 Å². The van der Waals surface area contributed by atoms with E-state index in [1.807, 2.05) is 0 Å². The first-order valence-electron chi connectivity index (χ1n) is 14.1. The summed E-state index contributed by atoms with van der Waals surface area (Å²) in [5, 5.41) is 5.44. The first kappa shape index (κ1) is 31.5. The van der Waals surface area contributed by atoms with Gasteiger partial charge in [0.1, 0.15) is 0 Å². The molecule has 0 saturated carbocycles. The van der Waals surface area contributed by atoms with Crippen LogP contribution >= 0.6 is 23.8 Å². The van der Waals surface area contributed by atoms with Crippen LogP contribution in [0.25, 0.3) is 0 Å². The lowest BCUT2D eigenvalue weighted by Crippen LogP contribution is -2.39. The maximum Gasteiger partial charge on any atom is -0.0139 e. The van der Waals surface area contributed by atoms with E-state index in [4.69, 9.17) is 0 Å². The smallest absolute Gasteiger partial charge is 0.0139 e. The van der Waals surface area contributed by atoms with Crippen LogP contribution in [0.5, 0.6) is 0 Å². The Balaban J connectivity index is 2.13. The summed E-state index contributed by atoms with van der Waals surface area (Å²) < 4.78 is 0. The van der Waals surface area contributed by atoms with Crippen molar-refractivity contribution in [1.29, 1.82) is 0 Å². The fourth-order valence-electron chi connectivity index (χ4n) is 5.27. The quantitative estimate of drug-likeness (QED) is 0.227. The standard InChI is InChI=1S/C35H51P3/c1-32(2,3)36(29-20-14-11-15-21-29)26-35(10,27-37(33(4,5)6)30-22-16-12-17-23-30)28-38(34(7,8)9)31-24-18-13-19-25-31/h11-25H,26-28H2,1-10H3. The number of hydrogen-bond donors (Lipinski definition) is 0. The molecule has 0 aliphatic rings. The van der Waals surface area contributed by atoms with E-state index >= 15 is 0 Å². The van der Waals surface area contributed by atoms with Gasteiger partial charge in [-0.3, -0.25) is 0 Å². The molecule has 0 aliphatic heterocycles. The molecule has 0 nitrogen and oxygen atoms in total. The van der Waals surface area contributed by atoms with Gasteiger partial charge in [0.2, 0.25) is 0 Å². The van der Waals surface area contributed by atoms with Gasteiger partial charge in [0.15, 0.2) is 0 Å². The van der Waals surface area contributed by atoms with Gasteiger partial charge in [0.25, 0.3) is 0 Å². The molecule has 0 spiro atoms. The SMILES string of the molecule is CC(CP(c1ccccc1)C(C)(C)C)(CP(c1ccccc1)C(C)(C)C)CP(c1ccccc1)C(C)(C)C. The van der Waals surface area contributed by atoms with Crippen molar-refractivity contribution in [3.8, 4) is 0 Å². The molecule has 3 rings (SSSR count). The Morgan fingerprint density at radius 1 is 0.368 bits per heavy atom. The highest BCUT2D eigenvalue weighted by Gasteiger charge is 2.42. The van der Waals surface area contributed by atoms with Crippen molar-refractivity contribution in [2.24, 2.45) is 5.41 Å². The van der Waals surface area contributed by atoms with E-state index in [1.165, 1.54) is 18.5 Å². The van der Waals surface area contributed by atoms with Crippen molar-refractivity contribution in [3.63, 3.8) is 0 Å². The minimum absolute atomic E-state index is 0.235. The average molecular weight is 565 g/mol. The highest BCUT2D eigenvalue weighted by molar-refractivity contribution is 7.69. The summed E-state index contributed by atoms with van der Waals surface area (Å²) in [6, 6.07) is 34.3. The molecule has 0 aromatic heterocycles. The Kier molecular flexibility index (Phi) is 10.5. The van der Waals surface area contributed by atoms with Crippen LogP contribution in [0.1, 0.15) is 69.2 Å². The summed E-state index contributed by atoms with van der Waals surface area (Å²) in [6.45, 7) is 24.9. The Bertz CT molecular complexity index is 959. The van der Waals surface area contributed by atoms with E-state index in [0.717, 1.165) is 0 Å². The summed E-state index contributed by atoms with van der Waals surface area (Å²) in [4.78, 5) is 0. The van der Waals surface area contributed by atoms with Crippen LogP contribution in [0.2, 0.25) is 0 Å². The second kappa shape index (κ2) is 12.6. The van der Waals surface area contributed by atoms with Crippen molar-refractivity contribution in [1.82, 2.24) is 0 Å². The highest BCUT2D eigenvalue weighted by atomic mass is 31.1. The van der Waals surface area contributed by atoms with E-state index in [2.05, 4.69) is 160 Å². The zero-order valence-electron chi connectivity index (χ0n) is 25.6. The van der Waals surface area contributed by atoms with Crippen LogP contribution in [0.3, 0.4) is 0 Å². The van der Waals surface area contributed by atoms with Gasteiger partial charge in [-0.25, -0.2) is 0 Å². The average Bonchev–Trinajstić information content (AvgIpc) is 2.84. The maximum atomic E-state index is 2.66. The van der Waals surface area contributed by atoms with Gasteiger partial charge in [-0.05, 0) is 55.3 Å². The van der Waals surface area contributed by atoms with Gasteiger partial charge in [-0.1, -0.05) is 184 Å². The third-order valence-electron chi connectivity index (χ3n) is 7.25. The molecular formula is C35H51P3. The Morgan fingerprint density at radius 3 is 0.763 bits per heavy atom. The van der Waals surface area contributed by atoms with Crippen LogP contribution in [0, 0.1) is 5.41 Å². The number of hydrogen-bond acceptors (Lipinski definition) is 0. The van der Waals surface area contributed by atoms with Gasteiger partial charge < -0.3 is 0 Å². The fraction of sp³-hybridized carbons (Fsp3) is 0.486. The van der Waals surface area contributed by atoms with Crippen molar-refractivity contribution >= 4 is 39.7 Å². The molecule has 3 aromatic carbocycles. The maximum absolute atomic E-state index is 2.66. The Labute approximate surface area is 238 Å². The first-order valence-corrected chi connectivity index (χ1v) is 18.7. The van der Waals surface area contributed by atoms with E-state index in [0.29, 0.717) is 0 Å². The minimum atomic E-state index is -0.335. The molecule has 0 amide bonds. The van der Waals surface area contributed by atoms with Crippen molar-refractivity contribution in [2.75, 3.05) is 18.5 Å². The van der Waals surface area contributed by atoms with Gasteiger partial charge in [0, 0.05) is 0 Å². The predicted molar refractivity (Wildman–Crippen MR) is 181 cm³/mol. The van der Waals surface area contributed by atoms with Crippen LogP contribution < -0.4 is 15.9 Å². The molecule has 3 aromatic rings. The lowest BCUT2D eigenvalue weighted by molar-refractivity contribution is 0.484. The molecule has 0 bridgehead atoms. The molecule has 3 unspecified atom stereocenters. The highest BCUT2D eigenvalue weighted by Crippen LogP contribution is 2.61. The molecule has 0 N–H and O–H groups in total. The minimum Gasteiger partial charge on any atom is -0.0692 e. The van der Waals surface area contributed by atoms with Crippen molar-refractivity contribution in [2.45, 2.75) is 84.7 Å². The molecule has 0 radical (unpaired) electrons. The molecule has 0 saturated heterocycles. The zero-order valence-corrected chi connectivity index (χ0v) is 28.3. The summed E-state index contributed by atoms with van der Waals surface area (Å²) in [5.41, 5.74) is 0.235. The number of benzene rings is 3. The van der Waals surface area contributed by atoms with E-state index in [-0.39, 0.29) is 44.6 Å². The summed E-state index contributed by atoms with van der Waals surface area (Å²) in [6.07, 6.45) is 3.83. The van der Waals surface area contributed by atoms with E-state index in [1.54, 1.807) is 15.9 Å². The van der Waals surface area contributed by atoms with Gasteiger partial charge >= 0.3 is 0 Å². The van der Waals surface area contributed by atoms with E-state index < -0.39 is 0 Å². The zero-order chi connectivity index (χ0) is 28.2. The van der Waals surface area contributed by atoms with Gasteiger partial charge in [-0.15, -0.1) is 0 Å². The third-order valence-corrected chi connectivity index (χ3v) is 18.1. The van der Waals surface area contributed by atoms with Crippen LogP contribution in [0.15, 0.2) is 91.0 Å². The van der Waals surface area contributed by atoms with Gasteiger partial charge in [-0.2, -0.15) is 0 Å². The summed E-state index contributed by atoms with van der Waals surface area (Å²) in [7, 11) is -1.00. The summed E-state index contributed by atoms with van der Waals surface area (Å²) in [5.74, 6) is 0.